The molecule has 0 N–H and O–H groups in total. The van der Waals surface area contributed by atoms with E-state index in [4.69, 9.17) is 0 Å². The Morgan fingerprint density at radius 2 is 1.75 bits per heavy atom. The smallest absolute Gasteiger partial charge is 0.0629 e. The van der Waals surface area contributed by atoms with Gasteiger partial charge in [0.25, 0.3) is 0 Å². The number of hydrogen-bond acceptors (Lipinski definition) is 2. The van der Waals surface area contributed by atoms with E-state index in [0.717, 1.165) is 11.3 Å². The molecule has 0 spiro atoms. The lowest BCUT2D eigenvalue weighted by Gasteiger charge is -2.46. The van der Waals surface area contributed by atoms with Gasteiger partial charge in [-0.2, -0.15) is 0 Å². The van der Waals surface area contributed by atoms with Gasteiger partial charge >= 0.3 is 0 Å². The van der Waals surface area contributed by atoms with Crippen molar-refractivity contribution in [3.05, 3.63) is 65.7 Å². The van der Waals surface area contributed by atoms with Crippen LogP contribution in [0.4, 0.5) is 11.4 Å². The van der Waals surface area contributed by atoms with Crippen LogP contribution in [0.2, 0.25) is 0 Å². The molecule has 24 heavy (non-hydrogen) atoms. The highest BCUT2D eigenvalue weighted by Crippen LogP contribution is 2.40. The van der Waals surface area contributed by atoms with Crippen LogP contribution in [0.3, 0.4) is 0 Å². The zero-order chi connectivity index (χ0) is 17.3. The first kappa shape index (κ1) is 16.5. The van der Waals surface area contributed by atoms with Gasteiger partial charge in [-0.3, -0.25) is 4.99 Å². The van der Waals surface area contributed by atoms with Gasteiger partial charge in [0.05, 0.1) is 11.2 Å². The topological polar surface area (TPSA) is 15.6 Å². The summed E-state index contributed by atoms with van der Waals surface area (Å²) < 4.78 is 0. The van der Waals surface area contributed by atoms with Crippen molar-refractivity contribution in [2.75, 3.05) is 4.90 Å². The lowest BCUT2D eigenvalue weighted by Crippen LogP contribution is -2.49. The Kier molecular flexibility index (Phi) is 4.31. The molecule has 124 valence electrons. The highest BCUT2D eigenvalue weighted by Gasteiger charge is 2.32. The number of rotatable bonds is 3. The van der Waals surface area contributed by atoms with Crippen LogP contribution in [-0.2, 0) is 0 Å². The van der Waals surface area contributed by atoms with Crippen molar-refractivity contribution in [1.29, 1.82) is 0 Å². The Labute approximate surface area is 145 Å². The maximum absolute atomic E-state index is 4.58. The average Bonchev–Trinajstić information content (AvgIpc) is 2.53. The number of para-hydroxylation sites is 1. The summed E-state index contributed by atoms with van der Waals surface area (Å²) in [6.45, 7) is 11.3. The molecule has 1 heterocycles. The van der Waals surface area contributed by atoms with Crippen molar-refractivity contribution < 1.29 is 0 Å². The fraction of sp³-hybridized carbons (Fsp3) is 0.318. The van der Waals surface area contributed by atoms with Gasteiger partial charge in [-0.05, 0) is 70.0 Å². The van der Waals surface area contributed by atoms with Crippen LogP contribution in [-0.4, -0.2) is 17.8 Å². The van der Waals surface area contributed by atoms with Crippen molar-refractivity contribution in [1.82, 2.24) is 0 Å². The third-order valence-corrected chi connectivity index (χ3v) is 4.53. The maximum atomic E-state index is 4.58. The molecule has 0 atom stereocenters. The predicted octanol–water partition coefficient (Wildman–Crippen LogP) is 5.85. The van der Waals surface area contributed by atoms with E-state index in [0.29, 0.717) is 6.04 Å². The molecule has 0 amide bonds. The number of hydrogen-bond donors (Lipinski definition) is 0. The zero-order valence-corrected chi connectivity index (χ0v) is 15.2. The Bertz CT molecular complexity index is 783. The van der Waals surface area contributed by atoms with Gasteiger partial charge in [-0.15, -0.1) is 0 Å². The van der Waals surface area contributed by atoms with Crippen molar-refractivity contribution in [2.45, 2.75) is 46.2 Å². The molecule has 2 nitrogen and oxygen atoms in total. The van der Waals surface area contributed by atoms with E-state index in [9.17, 15) is 0 Å². The second-order valence-electron chi connectivity index (χ2n) is 7.32. The van der Waals surface area contributed by atoms with Crippen LogP contribution in [0.25, 0.3) is 5.57 Å². The van der Waals surface area contributed by atoms with E-state index < -0.39 is 0 Å². The van der Waals surface area contributed by atoms with E-state index in [1.165, 1.54) is 16.8 Å². The predicted molar refractivity (Wildman–Crippen MR) is 105 cm³/mol. The summed E-state index contributed by atoms with van der Waals surface area (Å²) in [6, 6.07) is 17.2. The molecule has 2 aromatic carbocycles. The first-order valence-electron chi connectivity index (χ1n) is 8.61. The quantitative estimate of drug-likeness (QED) is 0.648. The molecule has 0 aliphatic carbocycles. The third kappa shape index (κ3) is 3.14. The molecule has 0 aromatic heterocycles. The number of fused-ring (bicyclic) bond motifs is 1. The highest BCUT2D eigenvalue weighted by atomic mass is 15.2. The largest absolute Gasteiger partial charge is 0.360 e. The summed E-state index contributed by atoms with van der Waals surface area (Å²) in [6.07, 6.45) is 4.32. The van der Waals surface area contributed by atoms with Gasteiger partial charge in [0.2, 0.25) is 0 Å². The minimum atomic E-state index is 0.0326. The zero-order valence-electron chi connectivity index (χ0n) is 15.2. The molecule has 3 rings (SSSR count). The fourth-order valence-electron chi connectivity index (χ4n) is 3.75. The minimum Gasteiger partial charge on any atom is -0.360 e. The molecule has 0 bridgehead atoms. The van der Waals surface area contributed by atoms with Crippen molar-refractivity contribution in [2.24, 2.45) is 4.99 Å². The lowest BCUT2D eigenvalue weighted by atomic mass is 9.87. The standard InChI is InChI=1S/C22H26N2/c1-16(2)24-21-12-11-18(15-23-19-9-7-6-8-10-19)13-20(21)17(3)14-22(24,4)5/h6-16H,1-5H3. The molecule has 0 radical (unpaired) electrons. The van der Waals surface area contributed by atoms with E-state index in [2.05, 4.69) is 68.8 Å². The van der Waals surface area contributed by atoms with Crippen molar-refractivity contribution in [3.8, 4) is 0 Å². The van der Waals surface area contributed by atoms with Crippen molar-refractivity contribution >= 4 is 23.2 Å². The molecule has 1 aliphatic rings. The van der Waals surface area contributed by atoms with Crippen molar-refractivity contribution in [3.63, 3.8) is 0 Å². The average molecular weight is 318 g/mol. The second-order valence-corrected chi connectivity index (χ2v) is 7.32. The Balaban J connectivity index is 1.99. The summed E-state index contributed by atoms with van der Waals surface area (Å²) in [5.74, 6) is 0. The molecule has 2 aromatic rings. The molecule has 0 unspecified atom stereocenters. The molecule has 0 saturated heterocycles. The number of anilines is 1. The first-order valence-corrected chi connectivity index (χ1v) is 8.61. The Morgan fingerprint density at radius 3 is 2.42 bits per heavy atom. The summed E-state index contributed by atoms with van der Waals surface area (Å²) >= 11 is 0. The van der Waals surface area contributed by atoms with Gasteiger partial charge < -0.3 is 4.90 Å². The van der Waals surface area contributed by atoms with E-state index in [-0.39, 0.29) is 5.54 Å². The molecule has 2 heteroatoms. The van der Waals surface area contributed by atoms with Gasteiger partial charge in [0.1, 0.15) is 0 Å². The van der Waals surface area contributed by atoms with Crippen LogP contribution < -0.4 is 4.90 Å². The van der Waals surface area contributed by atoms with Crippen LogP contribution in [0.1, 0.15) is 45.7 Å². The molecule has 1 aliphatic heterocycles. The van der Waals surface area contributed by atoms with Gasteiger partial charge in [0.15, 0.2) is 0 Å². The Hall–Kier alpha value is -2.35. The van der Waals surface area contributed by atoms with E-state index in [1.807, 2.05) is 36.5 Å². The number of allylic oxidation sites excluding steroid dienone is 1. The normalized spacial score (nSPS) is 16.4. The number of aliphatic imine (C=N–C) groups is 1. The number of benzene rings is 2. The molecule has 0 saturated carbocycles. The molecular formula is C22H26N2. The van der Waals surface area contributed by atoms with Gasteiger partial charge in [0, 0.05) is 23.5 Å². The van der Waals surface area contributed by atoms with Gasteiger partial charge in [-0.25, -0.2) is 0 Å². The molecule has 0 fully saturated rings. The van der Waals surface area contributed by atoms with Gasteiger partial charge in [-0.1, -0.05) is 30.3 Å². The first-order chi connectivity index (χ1) is 11.4. The summed E-state index contributed by atoms with van der Waals surface area (Å²) in [7, 11) is 0. The van der Waals surface area contributed by atoms with Crippen LogP contribution in [0.15, 0.2) is 59.6 Å². The van der Waals surface area contributed by atoms with E-state index in [1.54, 1.807) is 0 Å². The summed E-state index contributed by atoms with van der Waals surface area (Å²) in [5.41, 5.74) is 6.10. The van der Waals surface area contributed by atoms with Crippen LogP contribution in [0, 0.1) is 0 Å². The lowest BCUT2D eigenvalue weighted by molar-refractivity contribution is 0.507. The Morgan fingerprint density at radius 1 is 1.04 bits per heavy atom. The van der Waals surface area contributed by atoms with Crippen LogP contribution >= 0.6 is 0 Å². The summed E-state index contributed by atoms with van der Waals surface area (Å²) in [5, 5.41) is 0. The highest BCUT2D eigenvalue weighted by molar-refractivity contribution is 5.88. The minimum absolute atomic E-state index is 0.0326. The van der Waals surface area contributed by atoms with E-state index >= 15 is 0 Å². The monoisotopic (exact) mass is 318 g/mol. The molecular weight excluding hydrogens is 292 g/mol. The maximum Gasteiger partial charge on any atom is 0.0629 e. The summed E-state index contributed by atoms with van der Waals surface area (Å²) in [4.78, 5) is 7.07. The fourth-order valence-corrected chi connectivity index (χ4v) is 3.75. The SMILES string of the molecule is CC1=CC(C)(C)N(C(C)C)c2ccc(C=Nc3ccccc3)cc21. The number of nitrogens with zero attached hydrogens (tertiary/aromatic N) is 2. The van der Waals surface area contributed by atoms with Crippen LogP contribution in [0.5, 0.6) is 0 Å². The second kappa shape index (κ2) is 6.27. The third-order valence-electron chi connectivity index (χ3n) is 4.53.